The number of nitrogens with one attached hydrogen (secondary N) is 1. The molecule has 1 aliphatic rings. The lowest BCUT2D eigenvalue weighted by atomic mass is 10.1. The number of nitrogens with zero attached hydrogens (tertiary/aromatic N) is 4. The van der Waals surface area contributed by atoms with E-state index in [1.807, 2.05) is 22.4 Å². The molecule has 6 nitrogen and oxygen atoms in total. The van der Waals surface area contributed by atoms with Crippen molar-refractivity contribution in [2.45, 2.75) is 28.6 Å². The van der Waals surface area contributed by atoms with Gasteiger partial charge in [-0.15, -0.1) is 16.4 Å². The zero-order valence-corrected chi connectivity index (χ0v) is 16.3. The number of halogens is 1. The molecule has 0 spiro atoms. The Balaban J connectivity index is 1.50. The Bertz CT molecular complexity index is 870. The molecule has 0 unspecified atom stereocenters. The molecule has 10 heteroatoms. The summed E-state index contributed by atoms with van der Waals surface area (Å²) in [7, 11) is 0. The van der Waals surface area contributed by atoms with Crippen LogP contribution in [0.4, 0.5) is 0 Å². The van der Waals surface area contributed by atoms with E-state index in [1.165, 1.54) is 29.7 Å². The summed E-state index contributed by atoms with van der Waals surface area (Å²) in [5, 5.41) is 10.1. The number of piperidine rings is 1. The summed E-state index contributed by atoms with van der Waals surface area (Å²) in [4.78, 5) is 19.9. The van der Waals surface area contributed by atoms with E-state index >= 15 is 0 Å². The van der Waals surface area contributed by atoms with E-state index in [0.29, 0.717) is 15.9 Å². The van der Waals surface area contributed by atoms with Gasteiger partial charge in [0.2, 0.25) is 5.16 Å². The van der Waals surface area contributed by atoms with Crippen molar-refractivity contribution in [3.8, 4) is 10.7 Å². The van der Waals surface area contributed by atoms with Gasteiger partial charge in [-0.1, -0.05) is 17.7 Å². The van der Waals surface area contributed by atoms with E-state index in [0.717, 1.165) is 40.8 Å². The number of likely N-dealkylation sites (tertiary alicyclic amines) is 1. The highest BCUT2D eigenvalue weighted by Gasteiger charge is 2.25. The largest absolute Gasteiger partial charge is 0.337 e. The van der Waals surface area contributed by atoms with Crippen LogP contribution in [-0.4, -0.2) is 43.5 Å². The molecule has 3 aromatic heterocycles. The summed E-state index contributed by atoms with van der Waals surface area (Å²) in [6.07, 6.45) is 3.25. The average Bonchev–Trinajstić information content (AvgIpc) is 3.38. The van der Waals surface area contributed by atoms with Crippen LogP contribution in [0.2, 0.25) is 5.02 Å². The molecule has 25 heavy (non-hydrogen) atoms. The number of aromatic nitrogens is 4. The molecular formula is C15H14ClN5OS3. The van der Waals surface area contributed by atoms with Gasteiger partial charge in [0.05, 0.1) is 9.90 Å². The first-order valence-electron chi connectivity index (χ1n) is 7.81. The minimum Gasteiger partial charge on any atom is -0.337 e. The number of aromatic amines is 1. The molecule has 1 saturated heterocycles. The van der Waals surface area contributed by atoms with Gasteiger partial charge in [0, 0.05) is 13.1 Å². The van der Waals surface area contributed by atoms with E-state index in [9.17, 15) is 4.79 Å². The van der Waals surface area contributed by atoms with Crippen LogP contribution in [0, 0.1) is 0 Å². The number of rotatable bonds is 4. The summed E-state index contributed by atoms with van der Waals surface area (Å²) in [6, 6.07) is 3.95. The Morgan fingerprint density at radius 2 is 2.16 bits per heavy atom. The Morgan fingerprint density at radius 3 is 2.92 bits per heavy atom. The van der Waals surface area contributed by atoms with Gasteiger partial charge in [-0.05, 0) is 54.0 Å². The van der Waals surface area contributed by atoms with Crippen LogP contribution in [0.25, 0.3) is 10.7 Å². The van der Waals surface area contributed by atoms with Gasteiger partial charge in [-0.25, -0.2) is 4.98 Å². The summed E-state index contributed by atoms with van der Waals surface area (Å²) in [5.74, 6) is 0.643. The van der Waals surface area contributed by atoms with Crippen molar-refractivity contribution in [3.63, 3.8) is 0 Å². The van der Waals surface area contributed by atoms with Crippen LogP contribution in [-0.2, 0) is 0 Å². The molecule has 0 radical (unpaired) electrons. The van der Waals surface area contributed by atoms with Crippen LogP contribution >= 0.6 is 46.2 Å². The second-order valence-corrected chi connectivity index (χ2v) is 8.87. The van der Waals surface area contributed by atoms with Crippen molar-refractivity contribution in [2.24, 2.45) is 0 Å². The number of hydrogen-bond donors (Lipinski definition) is 1. The molecule has 4 heterocycles. The molecule has 130 valence electrons. The normalized spacial score (nSPS) is 14.8. The fourth-order valence-corrected chi connectivity index (χ4v) is 5.25. The van der Waals surface area contributed by atoms with Crippen molar-refractivity contribution in [1.29, 1.82) is 0 Å². The molecule has 1 N–H and O–H groups in total. The van der Waals surface area contributed by atoms with Crippen LogP contribution in [0.5, 0.6) is 0 Å². The first-order chi connectivity index (χ1) is 12.2. The van der Waals surface area contributed by atoms with Gasteiger partial charge in [-0.2, -0.15) is 4.37 Å². The molecule has 0 atom stereocenters. The molecule has 0 aliphatic carbocycles. The summed E-state index contributed by atoms with van der Waals surface area (Å²) >= 11 is 10.5. The second-order valence-electron chi connectivity index (χ2n) is 5.53. The van der Waals surface area contributed by atoms with Crippen LogP contribution in [0.1, 0.15) is 29.8 Å². The Kier molecular flexibility index (Phi) is 5.07. The van der Waals surface area contributed by atoms with E-state index in [4.69, 9.17) is 11.6 Å². The highest BCUT2D eigenvalue weighted by atomic mass is 35.5. The maximum absolute atomic E-state index is 12.6. The fourth-order valence-electron chi connectivity index (χ4n) is 2.61. The number of amides is 1. The number of hydrogen-bond acceptors (Lipinski definition) is 7. The van der Waals surface area contributed by atoms with Crippen molar-refractivity contribution in [2.75, 3.05) is 13.1 Å². The number of carbonyl (C=O) groups excluding carboxylic acids is 1. The predicted octanol–water partition coefficient (Wildman–Crippen LogP) is 4.42. The summed E-state index contributed by atoms with van der Waals surface area (Å²) in [5.41, 5.74) is 0.338. The molecule has 1 fully saturated rings. The maximum Gasteiger partial charge on any atom is 0.275 e. The zero-order chi connectivity index (χ0) is 17.2. The van der Waals surface area contributed by atoms with E-state index in [-0.39, 0.29) is 5.91 Å². The summed E-state index contributed by atoms with van der Waals surface area (Å²) in [6.45, 7) is 1.56. The fraction of sp³-hybridized carbons (Fsp3) is 0.333. The van der Waals surface area contributed by atoms with Gasteiger partial charge >= 0.3 is 0 Å². The predicted molar refractivity (Wildman–Crippen MR) is 101 cm³/mol. The topological polar surface area (TPSA) is 74.8 Å². The third-order valence-electron chi connectivity index (χ3n) is 3.86. The van der Waals surface area contributed by atoms with Gasteiger partial charge < -0.3 is 4.90 Å². The van der Waals surface area contributed by atoms with Crippen molar-refractivity contribution in [1.82, 2.24) is 24.5 Å². The smallest absolute Gasteiger partial charge is 0.275 e. The first kappa shape index (κ1) is 17.0. The lowest BCUT2D eigenvalue weighted by molar-refractivity contribution is 0.0719. The second kappa shape index (κ2) is 7.45. The molecule has 0 saturated carbocycles. The van der Waals surface area contributed by atoms with Gasteiger partial charge in [0.25, 0.3) is 5.91 Å². The molecule has 3 aromatic rings. The van der Waals surface area contributed by atoms with Gasteiger partial charge in [0.15, 0.2) is 11.5 Å². The number of carbonyl (C=O) groups is 1. The first-order valence-corrected chi connectivity index (χ1v) is 10.7. The highest BCUT2D eigenvalue weighted by molar-refractivity contribution is 8.01. The molecule has 0 bridgehead atoms. The molecule has 1 aliphatic heterocycles. The van der Waals surface area contributed by atoms with Crippen molar-refractivity contribution >= 4 is 52.1 Å². The number of thiophene rings is 1. The highest BCUT2D eigenvalue weighted by Crippen LogP contribution is 2.38. The van der Waals surface area contributed by atoms with Gasteiger partial charge in [0.1, 0.15) is 4.21 Å². The van der Waals surface area contributed by atoms with Crippen LogP contribution in [0.15, 0.2) is 26.9 Å². The SMILES string of the molecule is O=C(c1nsc(Sc2n[nH]c(-c3cccs3)n2)c1Cl)N1CCCCC1. The third-order valence-corrected chi connectivity index (χ3v) is 7.20. The minimum absolute atomic E-state index is 0.0814. The van der Waals surface area contributed by atoms with Crippen molar-refractivity contribution in [3.05, 3.63) is 28.2 Å². The lowest BCUT2D eigenvalue weighted by Crippen LogP contribution is -2.35. The van der Waals surface area contributed by atoms with E-state index < -0.39 is 0 Å². The van der Waals surface area contributed by atoms with Crippen LogP contribution < -0.4 is 0 Å². The van der Waals surface area contributed by atoms with Crippen LogP contribution in [0.3, 0.4) is 0 Å². The maximum atomic E-state index is 12.6. The Labute approximate surface area is 161 Å². The van der Waals surface area contributed by atoms with E-state index in [2.05, 4.69) is 19.6 Å². The van der Waals surface area contributed by atoms with Crippen molar-refractivity contribution < 1.29 is 4.79 Å². The van der Waals surface area contributed by atoms with Gasteiger partial charge in [-0.3, -0.25) is 9.89 Å². The molecule has 1 amide bonds. The lowest BCUT2D eigenvalue weighted by Gasteiger charge is -2.25. The summed E-state index contributed by atoms with van der Waals surface area (Å²) < 4.78 is 5.01. The molecular weight excluding hydrogens is 398 g/mol. The molecule has 0 aromatic carbocycles. The Morgan fingerprint density at radius 1 is 1.32 bits per heavy atom. The zero-order valence-electron chi connectivity index (χ0n) is 13.1. The van der Waals surface area contributed by atoms with E-state index in [1.54, 1.807) is 11.3 Å². The Hall–Kier alpha value is -1.42. The molecule has 4 rings (SSSR count). The minimum atomic E-state index is -0.0814. The monoisotopic (exact) mass is 411 g/mol. The number of H-pyrrole nitrogens is 1. The standard InChI is InChI=1S/C15H14ClN5OS3/c16-10-11(13(22)21-6-2-1-3-7-21)20-25-14(10)24-15-17-12(18-19-15)9-5-4-8-23-9/h4-5,8H,1-3,6-7H2,(H,17,18,19). The average molecular weight is 412 g/mol. The quantitative estimate of drug-likeness (QED) is 0.687. The third kappa shape index (κ3) is 3.59.